The number of hydrogen-bond acceptors (Lipinski definition) is 5. The Morgan fingerprint density at radius 1 is 0.812 bits per heavy atom. The molecule has 0 saturated heterocycles. The van der Waals surface area contributed by atoms with Gasteiger partial charge in [0.2, 0.25) is 0 Å². The monoisotopic (exact) mass is 269 g/mol. The molecule has 0 spiro atoms. The van der Waals surface area contributed by atoms with Crippen LogP contribution in [0, 0.1) is 0 Å². The van der Waals surface area contributed by atoms with E-state index < -0.39 is 31.7 Å². The second-order valence-corrected chi connectivity index (χ2v) is 5.74. The summed E-state index contributed by atoms with van der Waals surface area (Å²) in [5, 5.41) is 0. The average molecular weight is 269 g/mol. The normalized spacial score (nSPS) is 11.4. The lowest BCUT2D eigenvalue weighted by molar-refractivity contribution is 0.472. The molecular weight excluding hydrogens is 258 g/mol. The molecule has 1 heterocycles. The molecule has 16 heavy (non-hydrogen) atoms. The van der Waals surface area contributed by atoms with Gasteiger partial charge in [0.1, 0.15) is 0 Å². The molecule has 0 fully saturated rings. The van der Waals surface area contributed by atoms with E-state index in [0.717, 1.165) is 0 Å². The molecule has 0 aliphatic heterocycles. The van der Waals surface area contributed by atoms with Gasteiger partial charge in [-0.05, 0) is 12.1 Å². The molecule has 0 aromatic carbocycles. The molecule has 0 aliphatic carbocycles. The van der Waals surface area contributed by atoms with Gasteiger partial charge in [-0.1, -0.05) is 6.07 Å². The third-order valence-electron chi connectivity index (χ3n) is 1.17. The molecule has 0 saturated carbocycles. The molecule has 1 aromatic heterocycles. The zero-order valence-corrected chi connectivity index (χ0v) is 9.73. The lowest BCUT2D eigenvalue weighted by Gasteiger charge is -1.92. The maximum Gasteiger partial charge on any atom is 0.265 e. The van der Waals surface area contributed by atoms with Crippen LogP contribution in [0.25, 0.3) is 0 Å². The standard InChI is InChI=1S/C5H5N.C2H6O6S2/c1-2-4-6-5-3-1;3-9(4,5)1-2-10(6,7)8/h1-5H;1-2H2,(H,3,4,5)(H,6,7,8). The minimum atomic E-state index is -4.30. The van der Waals surface area contributed by atoms with E-state index in [-0.39, 0.29) is 0 Å². The van der Waals surface area contributed by atoms with Crippen LogP contribution in [-0.2, 0) is 20.2 Å². The topological polar surface area (TPSA) is 122 Å². The predicted molar refractivity (Wildman–Crippen MR) is 57.1 cm³/mol. The quantitative estimate of drug-likeness (QED) is 0.731. The van der Waals surface area contributed by atoms with E-state index in [1.165, 1.54) is 0 Å². The Bertz CT molecular complexity index is 422. The van der Waals surface area contributed by atoms with Gasteiger partial charge < -0.3 is 0 Å². The van der Waals surface area contributed by atoms with Gasteiger partial charge in [-0.3, -0.25) is 14.1 Å². The van der Waals surface area contributed by atoms with Crippen LogP contribution in [0.1, 0.15) is 0 Å². The van der Waals surface area contributed by atoms with Crippen LogP contribution in [0.15, 0.2) is 30.6 Å². The third-order valence-corrected chi connectivity index (χ3v) is 2.86. The summed E-state index contributed by atoms with van der Waals surface area (Å²) in [4.78, 5) is 3.78. The molecule has 1 aromatic rings. The van der Waals surface area contributed by atoms with Crippen LogP contribution < -0.4 is 0 Å². The van der Waals surface area contributed by atoms with Crippen LogP contribution in [0.5, 0.6) is 0 Å². The van der Waals surface area contributed by atoms with Crippen LogP contribution in [0.2, 0.25) is 0 Å². The van der Waals surface area contributed by atoms with Gasteiger partial charge in [-0.25, -0.2) is 0 Å². The van der Waals surface area contributed by atoms with Crippen molar-refractivity contribution < 1.29 is 25.9 Å². The van der Waals surface area contributed by atoms with Crippen LogP contribution in [0.3, 0.4) is 0 Å². The fourth-order valence-electron chi connectivity index (χ4n) is 0.523. The highest BCUT2D eigenvalue weighted by Crippen LogP contribution is 1.86. The molecule has 0 amide bonds. The largest absolute Gasteiger partial charge is 0.286 e. The Hall–Kier alpha value is -1.03. The SMILES string of the molecule is O=S(=O)(O)CCS(=O)(=O)O.c1ccncc1. The van der Waals surface area contributed by atoms with Gasteiger partial charge in [0.15, 0.2) is 0 Å². The van der Waals surface area contributed by atoms with Crippen molar-refractivity contribution in [1.82, 2.24) is 4.98 Å². The number of pyridine rings is 1. The number of nitrogens with zero attached hydrogens (tertiary/aromatic N) is 1. The number of hydrogen-bond donors (Lipinski definition) is 2. The Morgan fingerprint density at radius 3 is 1.31 bits per heavy atom. The first-order valence-corrected chi connectivity index (χ1v) is 7.18. The molecular formula is C7H11NO6S2. The van der Waals surface area contributed by atoms with Crippen molar-refractivity contribution >= 4 is 20.2 Å². The minimum Gasteiger partial charge on any atom is -0.286 e. The average Bonchev–Trinajstić information content (AvgIpc) is 2.17. The first kappa shape index (κ1) is 15.0. The van der Waals surface area contributed by atoms with Gasteiger partial charge >= 0.3 is 0 Å². The molecule has 0 aliphatic rings. The lowest BCUT2D eigenvalue weighted by atomic mass is 10.5. The van der Waals surface area contributed by atoms with Crippen molar-refractivity contribution in [2.75, 3.05) is 11.5 Å². The lowest BCUT2D eigenvalue weighted by Crippen LogP contribution is -2.15. The summed E-state index contributed by atoms with van der Waals surface area (Å²) in [6.07, 6.45) is 3.50. The summed E-state index contributed by atoms with van der Waals surface area (Å²) in [5.74, 6) is -1.96. The molecule has 7 nitrogen and oxygen atoms in total. The van der Waals surface area contributed by atoms with Crippen molar-refractivity contribution in [3.8, 4) is 0 Å². The second kappa shape index (κ2) is 6.53. The molecule has 92 valence electrons. The molecule has 2 N–H and O–H groups in total. The molecule has 0 unspecified atom stereocenters. The first-order chi connectivity index (χ1) is 7.21. The van der Waals surface area contributed by atoms with Crippen LogP contribution >= 0.6 is 0 Å². The van der Waals surface area contributed by atoms with Gasteiger partial charge in [0, 0.05) is 12.4 Å². The molecule has 9 heteroatoms. The van der Waals surface area contributed by atoms with Crippen molar-refractivity contribution in [1.29, 1.82) is 0 Å². The van der Waals surface area contributed by atoms with E-state index >= 15 is 0 Å². The minimum absolute atomic E-state index is 0.980. The zero-order valence-electron chi connectivity index (χ0n) is 8.09. The highest BCUT2D eigenvalue weighted by Gasteiger charge is 2.11. The van der Waals surface area contributed by atoms with Crippen LogP contribution in [-0.4, -0.2) is 42.4 Å². The van der Waals surface area contributed by atoms with Gasteiger partial charge in [0.25, 0.3) is 20.2 Å². The van der Waals surface area contributed by atoms with Crippen molar-refractivity contribution in [2.24, 2.45) is 0 Å². The van der Waals surface area contributed by atoms with E-state index in [0.29, 0.717) is 0 Å². The van der Waals surface area contributed by atoms with E-state index in [9.17, 15) is 16.8 Å². The molecule has 0 bridgehead atoms. The molecule has 0 atom stereocenters. The van der Waals surface area contributed by atoms with Gasteiger partial charge in [0.05, 0.1) is 11.5 Å². The zero-order chi connectivity index (χ0) is 12.7. The summed E-state index contributed by atoms with van der Waals surface area (Å²) in [5.41, 5.74) is 0. The Morgan fingerprint density at radius 2 is 1.19 bits per heavy atom. The van der Waals surface area contributed by atoms with E-state index in [4.69, 9.17) is 9.11 Å². The Labute approximate surface area is 93.6 Å². The number of aromatic nitrogens is 1. The fourth-order valence-corrected chi connectivity index (χ4v) is 2.21. The maximum absolute atomic E-state index is 9.86. The number of rotatable bonds is 3. The first-order valence-electron chi connectivity index (χ1n) is 3.96. The van der Waals surface area contributed by atoms with Crippen molar-refractivity contribution in [2.45, 2.75) is 0 Å². The smallest absolute Gasteiger partial charge is 0.265 e. The Balaban J connectivity index is 0.000000315. The summed E-state index contributed by atoms with van der Waals surface area (Å²) < 4.78 is 55.4. The van der Waals surface area contributed by atoms with E-state index in [1.807, 2.05) is 18.2 Å². The molecule has 0 radical (unpaired) electrons. The molecule has 1 rings (SSSR count). The third kappa shape index (κ3) is 13.0. The van der Waals surface area contributed by atoms with Gasteiger partial charge in [-0.15, -0.1) is 0 Å². The van der Waals surface area contributed by atoms with E-state index in [2.05, 4.69) is 4.98 Å². The predicted octanol–water partition coefficient (Wildman–Crippen LogP) is -0.156. The van der Waals surface area contributed by atoms with Gasteiger partial charge in [-0.2, -0.15) is 16.8 Å². The van der Waals surface area contributed by atoms with E-state index in [1.54, 1.807) is 12.4 Å². The Kier molecular flexibility index (Phi) is 6.11. The summed E-state index contributed by atoms with van der Waals surface area (Å²) in [7, 11) is -8.59. The fraction of sp³-hybridized carbons (Fsp3) is 0.286. The summed E-state index contributed by atoms with van der Waals surface area (Å²) >= 11 is 0. The summed E-state index contributed by atoms with van der Waals surface area (Å²) in [6, 6.07) is 5.72. The van der Waals surface area contributed by atoms with Crippen molar-refractivity contribution in [3.63, 3.8) is 0 Å². The highest BCUT2D eigenvalue weighted by atomic mass is 32.2. The summed E-state index contributed by atoms with van der Waals surface area (Å²) in [6.45, 7) is 0. The van der Waals surface area contributed by atoms with Crippen LogP contribution in [0.4, 0.5) is 0 Å². The highest BCUT2D eigenvalue weighted by molar-refractivity contribution is 7.89. The maximum atomic E-state index is 9.86. The second-order valence-electron chi connectivity index (χ2n) is 2.60. The van der Waals surface area contributed by atoms with Crippen molar-refractivity contribution in [3.05, 3.63) is 30.6 Å².